The molecule has 0 saturated carbocycles. The highest BCUT2D eigenvalue weighted by molar-refractivity contribution is 5.20. The van der Waals surface area contributed by atoms with Crippen molar-refractivity contribution in [2.75, 3.05) is 0 Å². The molecule has 0 amide bonds. The van der Waals surface area contributed by atoms with E-state index in [1.807, 2.05) is 0 Å². The van der Waals surface area contributed by atoms with Gasteiger partial charge < -0.3 is 0 Å². The highest BCUT2D eigenvalue weighted by atomic mass is 19.3. The maximum absolute atomic E-state index is 12.8. The van der Waals surface area contributed by atoms with E-state index in [1.54, 1.807) is 6.07 Å². The SMILES string of the molecule is N#CCc1cc(F)c(C(F)F)c(F)n1. The summed E-state index contributed by atoms with van der Waals surface area (Å²) in [6.45, 7) is 0. The van der Waals surface area contributed by atoms with E-state index in [9.17, 15) is 17.6 Å². The van der Waals surface area contributed by atoms with Crippen molar-refractivity contribution in [2.24, 2.45) is 0 Å². The summed E-state index contributed by atoms with van der Waals surface area (Å²) in [5.41, 5.74) is -1.56. The molecule has 0 fully saturated rings. The van der Waals surface area contributed by atoms with Gasteiger partial charge in [-0.15, -0.1) is 0 Å². The third kappa shape index (κ3) is 1.99. The Bertz CT molecular complexity index is 360. The summed E-state index contributed by atoms with van der Waals surface area (Å²) in [5, 5.41) is 8.20. The molecule has 14 heavy (non-hydrogen) atoms. The second kappa shape index (κ2) is 4.05. The number of aromatic nitrogens is 1. The van der Waals surface area contributed by atoms with E-state index < -0.39 is 23.8 Å². The minimum absolute atomic E-state index is 0.202. The van der Waals surface area contributed by atoms with Crippen molar-refractivity contribution in [1.29, 1.82) is 5.26 Å². The summed E-state index contributed by atoms with van der Waals surface area (Å²) < 4.78 is 49.6. The van der Waals surface area contributed by atoms with Gasteiger partial charge in [-0.3, -0.25) is 0 Å². The Kier molecular flexibility index (Phi) is 3.02. The Hall–Kier alpha value is -1.64. The predicted molar refractivity (Wildman–Crippen MR) is 38.4 cm³/mol. The van der Waals surface area contributed by atoms with Gasteiger partial charge in [-0.05, 0) is 6.07 Å². The number of pyridine rings is 1. The number of halogens is 4. The van der Waals surface area contributed by atoms with Gasteiger partial charge in [-0.25, -0.2) is 18.2 Å². The zero-order valence-corrected chi connectivity index (χ0v) is 6.77. The Balaban J connectivity index is 3.19. The molecule has 0 aliphatic carbocycles. The van der Waals surface area contributed by atoms with E-state index in [1.165, 1.54) is 0 Å². The third-order valence-corrected chi connectivity index (χ3v) is 1.49. The van der Waals surface area contributed by atoms with Crippen molar-refractivity contribution in [2.45, 2.75) is 12.8 Å². The molecule has 0 bridgehead atoms. The van der Waals surface area contributed by atoms with Crippen LogP contribution >= 0.6 is 0 Å². The Morgan fingerprint density at radius 2 is 2.07 bits per heavy atom. The number of hydrogen-bond acceptors (Lipinski definition) is 2. The fourth-order valence-electron chi connectivity index (χ4n) is 0.907. The Morgan fingerprint density at radius 3 is 2.50 bits per heavy atom. The van der Waals surface area contributed by atoms with E-state index in [0.29, 0.717) is 6.07 Å². The number of nitrogens with zero attached hydrogens (tertiary/aromatic N) is 2. The van der Waals surface area contributed by atoms with E-state index in [4.69, 9.17) is 5.26 Å². The Morgan fingerprint density at radius 1 is 1.43 bits per heavy atom. The lowest BCUT2D eigenvalue weighted by atomic mass is 10.2. The lowest BCUT2D eigenvalue weighted by Gasteiger charge is -2.03. The van der Waals surface area contributed by atoms with E-state index in [-0.39, 0.29) is 12.1 Å². The summed E-state index contributed by atoms with van der Waals surface area (Å²) in [6, 6.07) is 2.24. The molecular weight excluding hydrogens is 200 g/mol. The average molecular weight is 204 g/mol. The normalized spacial score (nSPS) is 10.3. The van der Waals surface area contributed by atoms with Gasteiger partial charge in [0, 0.05) is 0 Å². The lowest BCUT2D eigenvalue weighted by Crippen LogP contribution is -2.02. The molecule has 2 nitrogen and oxygen atoms in total. The van der Waals surface area contributed by atoms with Gasteiger partial charge in [0.15, 0.2) is 0 Å². The third-order valence-electron chi connectivity index (χ3n) is 1.49. The zero-order chi connectivity index (χ0) is 10.7. The Labute approximate surface area is 76.8 Å². The van der Waals surface area contributed by atoms with Crippen LogP contribution in [-0.2, 0) is 6.42 Å². The second-order valence-electron chi connectivity index (χ2n) is 2.44. The molecule has 74 valence electrons. The molecule has 0 spiro atoms. The molecule has 0 N–H and O–H groups in total. The van der Waals surface area contributed by atoms with Gasteiger partial charge in [0.1, 0.15) is 11.4 Å². The number of hydrogen-bond donors (Lipinski definition) is 0. The van der Waals surface area contributed by atoms with Gasteiger partial charge in [0.2, 0.25) is 5.95 Å². The first-order valence-corrected chi connectivity index (χ1v) is 3.56. The van der Waals surface area contributed by atoms with Gasteiger partial charge >= 0.3 is 0 Å². The van der Waals surface area contributed by atoms with Gasteiger partial charge in [0.05, 0.1) is 18.2 Å². The molecule has 0 saturated heterocycles. The smallest absolute Gasteiger partial charge is 0.223 e. The quantitative estimate of drug-likeness (QED) is 0.547. The van der Waals surface area contributed by atoms with Crippen molar-refractivity contribution in [3.05, 3.63) is 29.1 Å². The van der Waals surface area contributed by atoms with Crippen LogP contribution in [0.25, 0.3) is 0 Å². The topological polar surface area (TPSA) is 36.7 Å². The van der Waals surface area contributed by atoms with Crippen molar-refractivity contribution >= 4 is 0 Å². The summed E-state index contributed by atoms with van der Waals surface area (Å²) in [6.07, 6.45) is -3.57. The van der Waals surface area contributed by atoms with Crippen molar-refractivity contribution in [3.8, 4) is 6.07 Å². The molecule has 0 atom stereocenters. The molecule has 0 unspecified atom stereocenters. The van der Waals surface area contributed by atoms with Crippen LogP contribution in [0.1, 0.15) is 17.7 Å². The predicted octanol–water partition coefficient (Wildman–Crippen LogP) is 2.36. The van der Waals surface area contributed by atoms with Crippen LogP contribution in [0.2, 0.25) is 0 Å². The standard InChI is InChI=1S/C8H4F4N2/c9-5-3-4(1-2-13)14-8(12)6(5)7(10)11/h3,7H,1H2. The van der Waals surface area contributed by atoms with Crippen molar-refractivity contribution in [1.82, 2.24) is 4.98 Å². The fourth-order valence-corrected chi connectivity index (χ4v) is 0.907. The molecule has 0 aromatic carbocycles. The molecule has 1 heterocycles. The minimum atomic E-state index is -3.25. The van der Waals surface area contributed by atoms with E-state index in [2.05, 4.69) is 4.98 Å². The maximum Gasteiger partial charge on any atom is 0.271 e. The van der Waals surface area contributed by atoms with Gasteiger partial charge in [-0.1, -0.05) is 0 Å². The van der Waals surface area contributed by atoms with E-state index >= 15 is 0 Å². The molecule has 1 rings (SSSR count). The van der Waals surface area contributed by atoms with Crippen LogP contribution in [0.4, 0.5) is 17.6 Å². The van der Waals surface area contributed by atoms with Crippen LogP contribution in [0.5, 0.6) is 0 Å². The van der Waals surface area contributed by atoms with Crippen LogP contribution < -0.4 is 0 Å². The van der Waals surface area contributed by atoms with Crippen LogP contribution in [0, 0.1) is 23.1 Å². The first-order chi connectivity index (χ1) is 6.56. The number of rotatable bonds is 2. The zero-order valence-electron chi connectivity index (χ0n) is 6.77. The lowest BCUT2D eigenvalue weighted by molar-refractivity contribution is 0.139. The second-order valence-corrected chi connectivity index (χ2v) is 2.44. The number of nitriles is 1. The largest absolute Gasteiger partial charge is 0.271 e. The summed E-state index contributed by atoms with van der Waals surface area (Å²) in [4.78, 5) is 3.04. The van der Waals surface area contributed by atoms with Gasteiger partial charge in [-0.2, -0.15) is 9.65 Å². The van der Waals surface area contributed by atoms with Crippen molar-refractivity contribution < 1.29 is 17.6 Å². The molecule has 6 heteroatoms. The summed E-state index contributed by atoms with van der Waals surface area (Å²) in [5.74, 6) is -2.94. The molecule has 0 aliphatic heterocycles. The average Bonchev–Trinajstić information content (AvgIpc) is 2.01. The van der Waals surface area contributed by atoms with Crippen LogP contribution in [0.3, 0.4) is 0 Å². The monoisotopic (exact) mass is 204 g/mol. The molecular formula is C8H4F4N2. The van der Waals surface area contributed by atoms with Gasteiger partial charge in [0.25, 0.3) is 6.43 Å². The molecule has 0 aliphatic rings. The first-order valence-electron chi connectivity index (χ1n) is 3.56. The highest BCUT2D eigenvalue weighted by Gasteiger charge is 2.21. The highest BCUT2D eigenvalue weighted by Crippen LogP contribution is 2.24. The first kappa shape index (κ1) is 10.4. The maximum atomic E-state index is 12.8. The molecule has 0 radical (unpaired) electrons. The minimum Gasteiger partial charge on any atom is -0.223 e. The van der Waals surface area contributed by atoms with Crippen molar-refractivity contribution in [3.63, 3.8) is 0 Å². The van der Waals surface area contributed by atoms with Crippen LogP contribution in [0.15, 0.2) is 6.07 Å². The van der Waals surface area contributed by atoms with E-state index in [0.717, 1.165) is 0 Å². The summed E-state index contributed by atoms with van der Waals surface area (Å²) in [7, 11) is 0. The number of alkyl halides is 2. The molecule has 1 aromatic heterocycles. The molecule has 1 aromatic rings. The summed E-state index contributed by atoms with van der Waals surface area (Å²) >= 11 is 0. The van der Waals surface area contributed by atoms with Crippen LogP contribution in [-0.4, -0.2) is 4.98 Å². The fraction of sp³-hybridized carbons (Fsp3) is 0.250.